The summed E-state index contributed by atoms with van der Waals surface area (Å²) in [5.74, 6) is 1.60. The Morgan fingerprint density at radius 1 is 1.53 bits per heavy atom. The number of nitrogens with one attached hydrogen (secondary N) is 1. The lowest BCUT2D eigenvalue weighted by atomic mass is 10.1. The first-order chi connectivity index (χ1) is 9.04. The van der Waals surface area contributed by atoms with Crippen LogP contribution >= 0.6 is 0 Å². The van der Waals surface area contributed by atoms with E-state index in [2.05, 4.69) is 47.6 Å². The molecule has 2 heterocycles. The molecule has 0 amide bonds. The van der Waals surface area contributed by atoms with E-state index in [0.717, 1.165) is 18.4 Å². The Bertz CT molecular complexity index is 385. The molecule has 2 rings (SSSR count). The molecule has 0 aromatic carbocycles. The minimum Gasteiger partial charge on any atom is -0.348 e. The predicted molar refractivity (Wildman–Crippen MR) is 79.0 cm³/mol. The molecule has 1 aliphatic heterocycles. The van der Waals surface area contributed by atoms with Crippen molar-refractivity contribution in [3.8, 4) is 0 Å². The second-order valence-corrected chi connectivity index (χ2v) is 6.48. The molecule has 1 saturated heterocycles. The molecule has 4 nitrogen and oxygen atoms in total. The number of H-pyrrole nitrogens is 1. The van der Waals surface area contributed by atoms with Crippen molar-refractivity contribution in [2.75, 3.05) is 33.2 Å². The smallest absolute Gasteiger partial charge is 0.0925 e. The van der Waals surface area contributed by atoms with E-state index in [9.17, 15) is 0 Å². The van der Waals surface area contributed by atoms with Gasteiger partial charge in [0.15, 0.2) is 0 Å². The SMILES string of the molecule is Cc1[nH]cnc1CN(C)CC1CCN(CC(C)C)C1. The van der Waals surface area contributed by atoms with Crippen LogP contribution in [0.4, 0.5) is 0 Å². The Labute approximate surface area is 117 Å². The Morgan fingerprint density at radius 3 is 2.95 bits per heavy atom. The first kappa shape index (κ1) is 14.5. The van der Waals surface area contributed by atoms with E-state index < -0.39 is 0 Å². The topological polar surface area (TPSA) is 35.2 Å². The zero-order valence-corrected chi connectivity index (χ0v) is 12.8. The van der Waals surface area contributed by atoms with Gasteiger partial charge >= 0.3 is 0 Å². The van der Waals surface area contributed by atoms with Crippen molar-refractivity contribution in [1.82, 2.24) is 19.8 Å². The summed E-state index contributed by atoms with van der Waals surface area (Å²) in [5.41, 5.74) is 2.37. The van der Waals surface area contributed by atoms with Gasteiger partial charge in [-0.25, -0.2) is 4.98 Å². The number of rotatable bonds is 6. The van der Waals surface area contributed by atoms with E-state index in [4.69, 9.17) is 0 Å². The molecule has 0 bridgehead atoms. The van der Waals surface area contributed by atoms with Crippen LogP contribution in [0, 0.1) is 18.8 Å². The highest BCUT2D eigenvalue weighted by Crippen LogP contribution is 2.19. The summed E-state index contributed by atoms with van der Waals surface area (Å²) in [5, 5.41) is 0. The summed E-state index contributed by atoms with van der Waals surface area (Å²) < 4.78 is 0. The Balaban J connectivity index is 1.74. The lowest BCUT2D eigenvalue weighted by molar-refractivity contribution is 0.245. The van der Waals surface area contributed by atoms with Crippen molar-refractivity contribution in [3.63, 3.8) is 0 Å². The van der Waals surface area contributed by atoms with Gasteiger partial charge in [-0.2, -0.15) is 0 Å². The van der Waals surface area contributed by atoms with Gasteiger partial charge in [0.2, 0.25) is 0 Å². The molecule has 108 valence electrons. The molecule has 1 atom stereocenters. The molecule has 1 N–H and O–H groups in total. The van der Waals surface area contributed by atoms with Crippen LogP contribution in [0.1, 0.15) is 31.7 Å². The van der Waals surface area contributed by atoms with Gasteiger partial charge in [-0.3, -0.25) is 0 Å². The minimum absolute atomic E-state index is 0.781. The molecule has 1 unspecified atom stereocenters. The summed E-state index contributed by atoms with van der Waals surface area (Å²) in [6.07, 6.45) is 3.13. The summed E-state index contributed by atoms with van der Waals surface area (Å²) in [7, 11) is 2.21. The summed E-state index contributed by atoms with van der Waals surface area (Å²) in [6, 6.07) is 0. The van der Waals surface area contributed by atoms with Crippen molar-refractivity contribution in [3.05, 3.63) is 17.7 Å². The first-order valence-corrected chi connectivity index (χ1v) is 7.44. The second-order valence-electron chi connectivity index (χ2n) is 6.48. The maximum Gasteiger partial charge on any atom is 0.0925 e. The van der Waals surface area contributed by atoms with Crippen LogP contribution in [0.2, 0.25) is 0 Å². The van der Waals surface area contributed by atoms with E-state index in [-0.39, 0.29) is 0 Å². The largest absolute Gasteiger partial charge is 0.348 e. The molecule has 1 aromatic rings. The summed E-state index contributed by atoms with van der Waals surface area (Å²) in [4.78, 5) is 12.6. The number of hydrogen-bond donors (Lipinski definition) is 1. The fraction of sp³-hybridized carbons (Fsp3) is 0.800. The van der Waals surface area contributed by atoms with E-state index in [1.807, 2.05) is 0 Å². The highest BCUT2D eigenvalue weighted by molar-refractivity contribution is 5.08. The van der Waals surface area contributed by atoms with E-state index in [1.165, 1.54) is 44.0 Å². The molecule has 0 saturated carbocycles. The number of imidazole rings is 1. The lowest BCUT2D eigenvalue weighted by Gasteiger charge is -2.22. The Morgan fingerprint density at radius 2 is 2.32 bits per heavy atom. The first-order valence-electron chi connectivity index (χ1n) is 7.44. The Kier molecular flexibility index (Phi) is 4.99. The number of aromatic amines is 1. The molecule has 0 spiro atoms. The van der Waals surface area contributed by atoms with Gasteiger partial charge in [0.1, 0.15) is 0 Å². The third-order valence-corrected chi connectivity index (χ3v) is 3.92. The number of aryl methyl sites for hydroxylation is 1. The van der Waals surface area contributed by atoms with Crippen LogP contribution < -0.4 is 0 Å². The van der Waals surface area contributed by atoms with Crippen molar-refractivity contribution in [2.45, 2.75) is 33.7 Å². The standard InChI is InChI=1S/C15H28N4/c1-12(2)7-19-6-5-14(9-19)8-18(4)10-15-13(3)16-11-17-15/h11-12,14H,5-10H2,1-4H3,(H,16,17). The summed E-state index contributed by atoms with van der Waals surface area (Å²) in [6.45, 7) is 12.6. The lowest BCUT2D eigenvalue weighted by Crippen LogP contribution is -2.29. The van der Waals surface area contributed by atoms with Gasteiger partial charge in [0.25, 0.3) is 0 Å². The van der Waals surface area contributed by atoms with Crippen molar-refractivity contribution >= 4 is 0 Å². The van der Waals surface area contributed by atoms with Crippen molar-refractivity contribution < 1.29 is 0 Å². The minimum atomic E-state index is 0.781. The van der Waals surface area contributed by atoms with Gasteiger partial charge in [-0.15, -0.1) is 0 Å². The number of hydrogen-bond acceptors (Lipinski definition) is 3. The third-order valence-electron chi connectivity index (χ3n) is 3.92. The molecule has 0 aliphatic carbocycles. The molecule has 4 heteroatoms. The highest BCUT2D eigenvalue weighted by atomic mass is 15.2. The zero-order valence-electron chi connectivity index (χ0n) is 12.8. The van der Waals surface area contributed by atoms with Gasteiger partial charge in [-0.05, 0) is 38.8 Å². The molecule has 1 aliphatic rings. The number of aromatic nitrogens is 2. The van der Waals surface area contributed by atoms with E-state index in [0.29, 0.717) is 0 Å². The van der Waals surface area contributed by atoms with Crippen molar-refractivity contribution in [2.24, 2.45) is 11.8 Å². The maximum atomic E-state index is 4.38. The normalized spacial score (nSPS) is 20.8. The quantitative estimate of drug-likeness (QED) is 0.855. The third kappa shape index (κ3) is 4.32. The molecule has 19 heavy (non-hydrogen) atoms. The molecule has 0 radical (unpaired) electrons. The number of likely N-dealkylation sites (tertiary alicyclic amines) is 1. The van der Waals surface area contributed by atoms with E-state index in [1.54, 1.807) is 6.33 Å². The van der Waals surface area contributed by atoms with Gasteiger partial charge in [0, 0.05) is 31.9 Å². The van der Waals surface area contributed by atoms with Gasteiger partial charge in [0.05, 0.1) is 12.0 Å². The van der Waals surface area contributed by atoms with Crippen LogP contribution in [-0.4, -0.2) is 53.0 Å². The maximum absolute atomic E-state index is 4.38. The molecular formula is C15H28N4. The van der Waals surface area contributed by atoms with Gasteiger partial charge < -0.3 is 14.8 Å². The fourth-order valence-corrected chi connectivity index (χ4v) is 3.05. The second kappa shape index (κ2) is 6.53. The summed E-state index contributed by atoms with van der Waals surface area (Å²) >= 11 is 0. The van der Waals surface area contributed by atoms with Crippen LogP contribution in [0.3, 0.4) is 0 Å². The average molecular weight is 264 g/mol. The van der Waals surface area contributed by atoms with Crippen LogP contribution in [0.5, 0.6) is 0 Å². The van der Waals surface area contributed by atoms with E-state index >= 15 is 0 Å². The van der Waals surface area contributed by atoms with Crippen LogP contribution in [-0.2, 0) is 6.54 Å². The highest BCUT2D eigenvalue weighted by Gasteiger charge is 2.23. The van der Waals surface area contributed by atoms with Gasteiger partial charge in [-0.1, -0.05) is 13.8 Å². The average Bonchev–Trinajstić information content (AvgIpc) is 2.89. The fourth-order valence-electron chi connectivity index (χ4n) is 3.05. The van der Waals surface area contributed by atoms with Crippen LogP contribution in [0.15, 0.2) is 6.33 Å². The monoisotopic (exact) mass is 264 g/mol. The number of nitrogens with zero attached hydrogens (tertiary/aromatic N) is 3. The molecular weight excluding hydrogens is 236 g/mol. The predicted octanol–water partition coefficient (Wildman–Crippen LogP) is 2.13. The molecule has 1 aromatic heterocycles. The zero-order chi connectivity index (χ0) is 13.8. The Hall–Kier alpha value is -0.870. The van der Waals surface area contributed by atoms with Crippen LogP contribution in [0.25, 0.3) is 0 Å². The molecule has 1 fully saturated rings. The van der Waals surface area contributed by atoms with Crippen molar-refractivity contribution in [1.29, 1.82) is 0 Å².